The number of alkyl halides is 3. The van der Waals surface area contributed by atoms with E-state index in [0.717, 1.165) is 25.9 Å². The molecule has 0 bridgehead atoms. The van der Waals surface area contributed by atoms with Crippen molar-refractivity contribution < 1.29 is 22.8 Å². The Morgan fingerprint density at radius 1 is 1.09 bits per heavy atom. The lowest BCUT2D eigenvalue weighted by Gasteiger charge is -2.37. The van der Waals surface area contributed by atoms with Crippen LogP contribution in [0.4, 0.5) is 13.2 Å². The first-order chi connectivity index (χ1) is 10.2. The van der Waals surface area contributed by atoms with Gasteiger partial charge in [0.15, 0.2) is 0 Å². The number of amides is 2. The summed E-state index contributed by atoms with van der Waals surface area (Å²) < 4.78 is 37.8. The Morgan fingerprint density at radius 3 is 2.23 bits per heavy atom. The van der Waals surface area contributed by atoms with Crippen molar-refractivity contribution in [3.05, 3.63) is 0 Å². The molecule has 0 aromatic rings. The van der Waals surface area contributed by atoms with Gasteiger partial charge < -0.3 is 14.7 Å². The van der Waals surface area contributed by atoms with Crippen LogP contribution in [-0.2, 0) is 9.59 Å². The van der Waals surface area contributed by atoms with Crippen LogP contribution in [0.25, 0.3) is 0 Å². The number of likely N-dealkylation sites (N-methyl/N-ethyl adjacent to an activating group) is 1. The molecule has 2 aliphatic heterocycles. The Labute approximate surface area is 128 Å². The fourth-order valence-electron chi connectivity index (χ4n) is 3.23. The fourth-order valence-corrected chi connectivity index (χ4v) is 3.23. The van der Waals surface area contributed by atoms with Gasteiger partial charge in [-0.05, 0) is 45.8 Å². The maximum absolute atomic E-state index is 12.6. The molecule has 2 fully saturated rings. The highest BCUT2D eigenvalue weighted by atomic mass is 19.4. The molecule has 0 N–H and O–H groups in total. The van der Waals surface area contributed by atoms with E-state index in [4.69, 9.17) is 0 Å². The van der Waals surface area contributed by atoms with Gasteiger partial charge in [-0.1, -0.05) is 0 Å². The van der Waals surface area contributed by atoms with Crippen LogP contribution in [0.3, 0.4) is 0 Å². The van der Waals surface area contributed by atoms with Crippen LogP contribution in [0.1, 0.15) is 25.7 Å². The van der Waals surface area contributed by atoms with Crippen molar-refractivity contribution in [3.63, 3.8) is 0 Å². The van der Waals surface area contributed by atoms with Crippen molar-refractivity contribution in [1.82, 2.24) is 14.7 Å². The van der Waals surface area contributed by atoms with Crippen LogP contribution in [0.2, 0.25) is 0 Å². The normalized spacial score (nSPS) is 24.6. The second kappa shape index (κ2) is 6.44. The summed E-state index contributed by atoms with van der Waals surface area (Å²) in [6.07, 6.45) is -2.58. The van der Waals surface area contributed by atoms with E-state index in [1.54, 1.807) is 11.9 Å². The number of carbonyl (C=O) groups excluding carboxylic acids is 2. The van der Waals surface area contributed by atoms with Crippen molar-refractivity contribution >= 4 is 11.8 Å². The molecule has 2 rings (SSSR count). The third-order valence-corrected chi connectivity index (χ3v) is 4.62. The molecule has 2 saturated heterocycles. The average molecular weight is 321 g/mol. The van der Waals surface area contributed by atoms with Gasteiger partial charge in [0.05, 0.1) is 0 Å². The van der Waals surface area contributed by atoms with Gasteiger partial charge >= 0.3 is 12.1 Å². The number of halogens is 3. The first kappa shape index (κ1) is 17.1. The first-order valence-corrected chi connectivity index (χ1v) is 7.55. The number of likely N-dealkylation sites (tertiary alicyclic amines) is 2. The summed E-state index contributed by atoms with van der Waals surface area (Å²) in [6.45, 7) is 1.71. The summed E-state index contributed by atoms with van der Waals surface area (Å²) in [5.74, 6) is -2.27. The maximum Gasteiger partial charge on any atom is 0.471 e. The van der Waals surface area contributed by atoms with E-state index in [1.807, 2.05) is 7.05 Å². The second-order valence-electron chi connectivity index (χ2n) is 6.14. The molecular formula is C14H22F3N3O2. The third-order valence-electron chi connectivity index (χ3n) is 4.62. The van der Waals surface area contributed by atoms with E-state index in [0.29, 0.717) is 17.7 Å². The van der Waals surface area contributed by atoms with E-state index in [9.17, 15) is 22.8 Å². The molecule has 8 heteroatoms. The van der Waals surface area contributed by atoms with Crippen LogP contribution in [-0.4, -0.2) is 78.5 Å². The first-order valence-electron chi connectivity index (χ1n) is 7.55. The minimum absolute atomic E-state index is 0.00397. The molecule has 0 aromatic heterocycles. The zero-order valence-corrected chi connectivity index (χ0v) is 12.9. The zero-order chi connectivity index (χ0) is 16.5. The lowest BCUT2D eigenvalue weighted by molar-refractivity contribution is -0.187. The van der Waals surface area contributed by atoms with Gasteiger partial charge in [-0.2, -0.15) is 13.2 Å². The van der Waals surface area contributed by atoms with E-state index in [2.05, 4.69) is 4.90 Å². The molecule has 0 spiro atoms. The second-order valence-corrected chi connectivity index (χ2v) is 6.14. The molecule has 1 atom stereocenters. The molecule has 0 radical (unpaired) electrons. The van der Waals surface area contributed by atoms with Crippen molar-refractivity contribution in [3.8, 4) is 0 Å². The Kier molecular flexibility index (Phi) is 4.99. The highest BCUT2D eigenvalue weighted by Gasteiger charge is 2.48. The van der Waals surface area contributed by atoms with Crippen molar-refractivity contribution in [2.75, 3.05) is 33.7 Å². The summed E-state index contributed by atoms with van der Waals surface area (Å²) in [6, 6.07) is -0.939. The Balaban J connectivity index is 2.03. The molecule has 2 heterocycles. The van der Waals surface area contributed by atoms with E-state index in [1.165, 1.54) is 0 Å². The summed E-state index contributed by atoms with van der Waals surface area (Å²) in [7, 11) is 3.63. The van der Waals surface area contributed by atoms with Gasteiger partial charge in [0.2, 0.25) is 5.91 Å². The van der Waals surface area contributed by atoms with Crippen LogP contribution >= 0.6 is 0 Å². The molecular weight excluding hydrogens is 299 g/mol. The summed E-state index contributed by atoms with van der Waals surface area (Å²) >= 11 is 0. The summed E-state index contributed by atoms with van der Waals surface area (Å²) in [5, 5.41) is 0. The predicted molar refractivity (Wildman–Crippen MR) is 74.1 cm³/mol. The Morgan fingerprint density at radius 2 is 1.68 bits per heavy atom. The van der Waals surface area contributed by atoms with Gasteiger partial charge in [0.1, 0.15) is 6.04 Å². The van der Waals surface area contributed by atoms with Gasteiger partial charge in [-0.15, -0.1) is 0 Å². The number of hydrogen-bond acceptors (Lipinski definition) is 3. The van der Waals surface area contributed by atoms with Crippen molar-refractivity contribution in [2.24, 2.45) is 0 Å². The lowest BCUT2D eigenvalue weighted by Crippen LogP contribution is -2.53. The summed E-state index contributed by atoms with van der Waals surface area (Å²) in [4.78, 5) is 28.4. The van der Waals surface area contributed by atoms with E-state index in [-0.39, 0.29) is 18.5 Å². The Hall–Kier alpha value is -1.31. The fraction of sp³-hybridized carbons (Fsp3) is 0.857. The highest BCUT2D eigenvalue weighted by molar-refractivity contribution is 5.90. The third kappa shape index (κ3) is 3.53. The standard InChI is InChI=1S/C14H22F3N3O2/c1-18-8-5-10(6-9-18)19(2)12(21)11-4-3-7-20(11)13(22)14(15,16)17/h10-11H,3-9H2,1-2H3. The van der Waals surface area contributed by atoms with Gasteiger partial charge in [-0.3, -0.25) is 9.59 Å². The molecule has 2 amide bonds. The highest BCUT2D eigenvalue weighted by Crippen LogP contribution is 2.27. The smallest absolute Gasteiger partial charge is 0.341 e. The van der Waals surface area contributed by atoms with Crippen LogP contribution in [0.5, 0.6) is 0 Å². The minimum Gasteiger partial charge on any atom is -0.341 e. The zero-order valence-electron chi connectivity index (χ0n) is 12.9. The number of nitrogens with zero attached hydrogens (tertiary/aromatic N) is 3. The predicted octanol–water partition coefficient (Wildman–Crippen LogP) is 1.09. The van der Waals surface area contributed by atoms with Crippen molar-refractivity contribution in [2.45, 2.75) is 43.9 Å². The topological polar surface area (TPSA) is 43.9 Å². The maximum atomic E-state index is 12.6. The monoisotopic (exact) mass is 321 g/mol. The largest absolute Gasteiger partial charge is 0.471 e. The number of hydrogen-bond donors (Lipinski definition) is 0. The SMILES string of the molecule is CN1CCC(N(C)C(=O)C2CCCN2C(=O)C(F)(F)F)CC1. The molecule has 0 aliphatic carbocycles. The molecule has 2 aliphatic rings. The minimum atomic E-state index is -4.92. The Bertz CT molecular complexity index is 434. The van der Waals surface area contributed by atoms with Crippen LogP contribution in [0.15, 0.2) is 0 Å². The molecule has 22 heavy (non-hydrogen) atoms. The molecule has 0 aromatic carbocycles. The van der Waals surface area contributed by atoms with Crippen LogP contribution < -0.4 is 0 Å². The number of carbonyl (C=O) groups is 2. The number of rotatable bonds is 2. The molecule has 5 nitrogen and oxygen atoms in total. The van der Waals surface area contributed by atoms with E-state index < -0.39 is 18.1 Å². The van der Waals surface area contributed by atoms with E-state index >= 15 is 0 Å². The van der Waals surface area contributed by atoms with Crippen LogP contribution in [0, 0.1) is 0 Å². The molecule has 126 valence electrons. The van der Waals surface area contributed by atoms with Gasteiger partial charge in [-0.25, -0.2) is 0 Å². The van der Waals surface area contributed by atoms with Gasteiger partial charge in [0, 0.05) is 19.6 Å². The lowest BCUT2D eigenvalue weighted by atomic mass is 10.0. The summed E-state index contributed by atoms with van der Waals surface area (Å²) in [5.41, 5.74) is 0. The van der Waals surface area contributed by atoms with Gasteiger partial charge in [0.25, 0.3) is 0 Å². The number of piperidine rings is 1. The quantitative estimate of drug-likeness (QED) is 0.765. The molecule has 1 unspecified atom stereocenters. The average Bonchev–Trinajstić information content (AvgIpc) is 2.93. The molecule has 0 saturated carbocycles. The van der Waals surface area contributed by atoms with Crippen molar-refractivity contribution in [1.29, 1.82) is 0 Å².